The van der Waals surface area contributed by atoms with Gasteiger partial charge in [-0.3, -0.25) is 4.79 Å². The molecule has 6 rings (SSSR count). The van der Waals surface area contributed by atoms with Gasteiger partial charge in [-0.15, -0.1) is 0 Å². The van der Waals surface area contributed by atoms with Crippen LogP contribution in [0.4, 0.5) is 5.82 Å². The van der Waals surface area contributed by atoms with Crippen LogP contribution in [0.5, 0.6) is 0 Å². The van der Waals surface area contributed by atoms with Crippen LogP contribution < -0.4 is 22.3 Å². The van der Waals surface area contributed by atoms with Gasteiger partial charge in [-0.2, -0.15) is 0 Å². The highest BCUT2D eigenvalue weighted by Gasteiger charge is 2.51. The maximum atomic E-state index is 13.5. The number of rotatable bonds is 7. The van der Waals surface area contributed by atoms with Crippen LogP contribution in [0, 0.1) is 12.8 Å². The molecule has 3 aliphatic rings. The fourth-order valence-electron chi connectivity index (χ4n) is 5.26. The Hall–Kier alpha value is -2.95. The summed E-state index contributed by atoms with van der Waals surface area (Å²) in [5.74, 6) is 0.326. The predicted octanol–water partition coefficient (Wildman–Crippen LogP) is -0.393. The molecule has 2 aromatic heterocycles. The van der Waals surface area contributed by atoms with E-state index < -0.39 is 11.6 Å². The fourth-order valence-corrected chi connectivity index (χ4v) is 5.26. The molecule has 3 aromatic rings. The number of hydrogen-bond acceptors (Lipinski definition) is 7. The summed E-state index contributed by atoms with van der Waals surface area (Å²) in [5, 5.41) is 18.2. The molecule has 0 spiro atoms. The number of aryl methyl sites for hydroxylation is 1. The van der Waals surface area contributed by atoms with Crippen molar-refractivity contribution in [3.8, 4) is 0 Å². The lowest BCUT2D eigenvalue weighted by atomic mass is 9.82. The van der Waals surface area contributed by atoms with Gasteiger partial charge in [0, 0.05) is 30.4 Å². The molecule has 0 aliphatic carbocycles. The number of halogens is 1. The molecule has 2 atom stereocenters. The van der Waals surface area contributed by atoms with Gasteiger partial charge in [0.05, 0.1) is 25.6 Å². The molecule has 10 heteroatoms. The number of fused-ring (bicyclic) bond motifs is 3. The molecular weight excluding hydrogens is 518 g/mol. The fraction of sp³-hybridized carbons (Fsp3) is 0.400. The Labute approximate surface area is 213 Å². The first-order chi connectivity index (χ1) is 16.4. The Morgan fingerprint density at radius 3 is 2.57 bits per heavy atom. The van der Waals surface area contributed by atoms with Crippen molar-refractivity contribution in [1.29, 1.82) is 0 Å². The van der Waals surface area contributed by atoms with Gasteiger partial charge < -0.3 is 45.6 Å². The van der Waals surface area contributed by atoms with Crippen molar-refractivity contribution in [3.63, 3.8) is 0 Å². The Morgan fingerprint density at radius 1 is 1.20 bits per heavy atom. The second-order valence-electron chi connectivity index (χ2n) is 9.37. The largest absolute Gasteiger partial charge is 1.00 e. The number of aromatic nitrogens is 1. The van der Waals surface area contributed by atoms with Gasteiger partial charge in [0.1, 0.15) is 12.3 Å². The number of carbonyl (C=O) groups excluding carboxylic acids is 2. The molecule has 2 N–H and O–H groups in total. The van der Waals surface area contributed by atoms with Crippen LogP contribution in [0.2, 0.25) is 0 Å². The number of amides is 1. The molecule has 9 nitrogen and oxygen atoms in total. The van der Waals surface area contributed by atoms with Crippen LogP contribution in [0.1, 0.15) is 29.7 Å². The zero-order chi connectivity index (χ0) is 23.8. The van der Waals surface area contributed by atoms with Crippen LogP contribution in [0.15, 0.2) is 63.9 Å². The van der Waals surface area contributed by atoms with E-state index in [0.717, 1.165) is 25.9 Å². The summed E-state index contributed by atoms with van der Waals surface area (Å²) in [6.45, 7) is 4.23. The van der Waals surface area contributed by atoms with E-state index in [9.17, 15) is 14.7 Å². The van der Waals surface area contributed by atoms with E-state index in [4.69, 9.17) is 13.7 Å². The molecule has 0 saturated carbocycles. The SMILES string of the molecule is Cc1cc(NC(=O)C[N+]23CCC(CC2)[C@@H](OC(=O)C(O)(c2ccccc2)c2ccoc2)C3)no1.[Br-]. The molecule has 1 unspecified atom stereocenters. The van der Waals surface area contributed by atoms with Crippen molar-refractivity contribution in [2.45, 2.75) is 31.5 Å². The van der Waals surface area contributed by atoms with Gasteiger partial charge in [-0.25, -0.2) is 4.79 Å². The van der Waals surface area contributed by atoms with E-state index in [1.165, 1.54) is 12.5 Å². The third kappa shape index (κ3) is 4.91. The second kappa shape index (κ2) is 9.96. The van der Waals surface area contributed by atoms with Crippen LogP contribution in [-0.4, -0.2) is 58.9 Å². The van der Waals surface area contributed by atoms with Crippen LogP contribution in [-0.2, 0) is 19.9 Å². The number of benzene rings is 1. The minimum absolute atomic E-state index is 0. The summed E-state index contributed by atoms with van der Waals surface area (Å²) >= 11 is 0. The maximum Gasteiger partial charge on any atom is 0.348 e. The monoisotopic (exact) mass is 545 g/mol. The molecule has 1 amide bonds. The number of piperidine rings is 3. The van der Waals surface area contributed by atoms with Gasteiger partial charge in [0.2, 0.25) is 5.60 Å². The van der Waals surface area contributed by atoms with Crippen LogP contribution >= 0.6 is 0 Å². The van der Waals surface area contributed by atoms with E-state index in [-0.39, 0.29) is 41.5 Å². The molecule has 2 bridgehead atoms. The molecule has 3 saturated heterocycles. The number of nitrogens with zero attached hydrogens (tertiary/aromatic N) is 2. The van der Waals surface area contributed by atoms with Crippen molar-refractivity contribution >= 4 is 17.7 Å². The van der Waals surface area contributed by atoms with Gasteiger partial charge in [-0.05, 0) is 18.6 Å². The van der Waals surface area contributed by atoms with Gasteiger partial charge in [0.25, 0.3) is 5.91 Å². The number of ether oxygens (including phenoxy) is 1. The number of aliphatic hydroxyl groups is 1. The molecule has 5 heterocycles. The van der Waals surface area contributed by atoms with Gasteiger partial charge in [0.15, 0.2) is 18.5 Å². The predicted molar refractivity (Wildman–Crippen MR) is 120 cm³/mol. The summed E-state index contributed by atoms with van der Waals surface area (Å²) in [4.78, 5) is 26.2. The van der Waals surface area contributed by atoms with Crippen molar-refractivity contribution in [3.05, 3.63) is 71.9 Å². The first-order valence-electron chi connectivity index (χ1n) is 11.5. The van der Waals surface area contributed by atoms with E-state index in [1.54, 1.807) is 43.3 Å². The number of nitrogens with one attached hydrogen (secondary N) is 1. The summed E-state index contributed by atoms with van der Waals surface area (Å²) in [5.41, 5.74) is -1.25. The van der Waals surface area contributed by atoms with Crippen molar-refractivity contribution in [1.82, 2.24) is 5.16 Å². The zero-order valence-electron chi connectivity index (χ0n) is 19.4. The summed E-state index contributed by atoms with van der Waals surface area (Å²) in [7, 11) is 0. The van der Waals surface area contributed by atoms with Crippen LogP contribution in [0.25, 0.3) is 0 Å². The quantitative estimate of drug-likeness (QED) is 0.307. The highest BCUT2D eigenvalue weighted by molar-refractivity contribution is 5.90. The summed E-state index contributed by atoms with van der Waals surface area (Å²) in [6, 6.07) is 12.0. The number of carbonyl (C=O) groups is 2. The second-order valence-corrected chi connectivity index (χ2v) is 9.37. The lowest BCUT2D eigenvalue weighted by Crippen LogP contribution is -3.00. The number of hydrogen-bond donors (Lipinski definition) is 2. The van der Waals surface area contributed by atoms with Gasteiger partial charge in [-0.1, -0.05) is 35.5 Å². The molecular formula is C25H28BrN3O6. The average Bonchev–Trinajstić information content (AvgIpc) is 3.52. The minimum atomic E-state index is -1.98. The van der Waals surface area contributed by atoms with Crippen molar-refractivity contribution in [2.75, 3.05) is 31.5 Å². The molecule has 186 valence electrons. The first kappa shape index (κ1) is 25.2. The number of quaternary nitrogens is 1. The van der Waals surface area contributed by atoms with E-state index in [2.05, 4.69) is 10.5 Å². The molecule has 0 radical (unpaired) electrons. The topological polar surface area (TPSA) is 115 Å². The summed E-state index contributed by atoms with van der Waals surface area (Å²) in [6.07, 6.45) is 4.08. The van der Waals surface area contributed by atoms with Crippen LogP contribution in [0.3, 0.4) is 0 Å². The molecule has 3 aliphatic heterocycles. The lowest BCUT2D eigenvalue weighted by Gasteiger charge is -2.51. The van der Waals surface area contributed by atoms with E-state index >= 15 is 0 Å². The molecule has 3 fully saturated rings. The normalized spacial score (nSPS) is 24.7. The lowest BCUT2D eigenvalue weighted by molar-refractivity contribution is -0.939. The third-order valence-corrected chi connectivity index (χ3v) is 7.10. The smallest absolute Gasteiger partial charge is 0.348 e. The maximum absolute atomic E-state index is 13.5. The number of furan rings is 1. The van der Waals surface area contributed by atoms with Crippen molar-refractivity contribution < 1.29 is 49.8 Å². The summed E-state index contributed by atoms with van der Waals surface area (Å²) < 4.78 is 16.7. The molecule has 1 aromatic carbocycles. The number of esters is 1. The molecule has 35 heavy (non-hydrogen) atoms. The van der Waals surface area contributed by atoms with E-state index in [0.29, 0.717) is 33.7 Å². The first-order valence-corrected chi connectivity index (χ1v) is 11.5. The average molecular weight is 546 g/mol. The Kier molecular flexibility index (Phi) is 7.16. The van der Waals surface area contributed by atoms with Crippen molar-refractivity contribution in [2.24, 2.45) is 5.92 Å². The zero-order valence-corrected chi connectivity index (χ0v) is 20.9. The standard InChI is InChI=1S/C25H27N3O6.BrH/c1-17-13-22(27-34-17)26-23(29)15-28-10-7-18(8-11-28)21(14-28)33-24(30)25(31,20-9-12-32-16-20)19-5-3-2-4-6-19;/h2-6,9,12-13,16,18,21,31H,7-8,10-11,14-15H2,1H3;1H/t18?,21-,25?,28?;/m0./s1. The van der Waals surface area contributed by atoms with Gasteiger partial charge >= 0.3 is 5.97 Å². The Morgan fingerprint density at radius 2 is 1.94 bits per heavy atom. The Bertz CT molecular complexity index is 1160. The van der Waals surface area contributed by atoms with E-state index in [1.807, 2.05) is 6.07 Å². The third-order valence-electron chi connectivity index (χ3n) is 7.10. The highest BCUT2D eigenvalue weighted by Crippen LogP contribution is 2.38. The number of anilines is 1. The minimum Gasteiger partial charge on any atom is -1.00 e. The Balaban J connectivity index is 0.00000289. The highest BCUT2D eigenvalue weighted by atomic mass is 79.9.